The van der Waals surface area contributed by atoms with Crippen LogP contribution in [0.15, 0.2) is 34.9 Å². The molecular weight excluding hydrogens is 211 g/mol. The van der Waals surface area contributed by atoms with Crippen LogP contribution in [0, 0.1) is 12.7 Å². The Labute approximate surface area is 91.1 Å². The van der Waals surface area contributed by atoms with E-state index in [1.807, 2.05) is 0 Å². The molecule has 0 radical (unpaired) electrons. The van der Waals surface area contributed by atoms with Crippen LogP contribution in [0.3, 0.4) is 0 Å². The van der Waals surface area contributed by atoms with Gasteiger partial charge in [0.25, 0.3) is 5.91 Å². The lowest BCUT2D eigenvalue weighted by molar-refractivity contribution is 0.102. The summed E-state index contributed by atoms with van der Waals surface area (Å²) in [7, 11) is 0. The molecule has 2 rings (SSSR count). The molecule has 5 heteroatoms. The number of anilines is 1. The third kappa shape index (κ3) is 2.08. The molecule has 0 spiro atoms. The predicted molar refractivity (Wildman–Crippen MR) is 55.6 cm³/mol. The number of nitrogens with zero attached hydrogens (tertiary/aromatic N) is 1. The van der Waals surface area contributed by atoms with Gasteiger partial charge in [-0.3, -0.25) is 4.79 Å². The van der Waals surface area contributed by atoms with Gasteiger partial charge in [0.15, 0.2) is 11.6 Å². The van der Waals surface area contributed by atoms with Crippen LogP contribution in [0.4, 0.5) is 10.1 Å². The fourth-order valence-corrected chi connectivity index (χ4v) is 1.22. The van der Waals surface area contributed by atoms with Crippen LogP contribution in [-0.2, 0) is 0 Å². The summed E-state index contributed by atoms with van der Waals surface area (Å²) in [6.45, 7) is 1.62. The summed E-state index contributed by atoms with van der Waals surface area (Å²) >= 11 is 0. The van der Waals surface area contributed by atoms with E-state index in [9.17, 15) is 9.18 Å². The zero-order valence-corrected chi connectivity index (χ0v) is 8.53. The number of hydrogen-bond donors (Lipinski definition) is 1. The fraction of sp³-hybridized carbons (Fsp3) is 0.0909. The number of carbonyl (C=O) groups excluding carboxylic acids is 1. The molecule has 0 aliphatic heterocycles. The van der Waals surface area contributed by atoms with Crippen molar-refractivity contribution in [2.24, 2.45) is 0 Å². The molecule has 16 heavy (non-hydrogen) atoms. The zero-order valence-electron chi connectivity index (χ0n) is 8.53. The maximum Gasteiger partial charge on any atom is 0.277 e. The van der Waals surface area contributed by atoms with Crippen LogP contribution < -0.4 is 5.32 Å². The molecule has 0 aliphatic carbocycles. The van der Waals surface area contributed by atoms with Gasteiger partial charge in [0.05, 0.1) is 5.69 Å². The van der Waals surface area contributed by atoms with Gasteiger partial charge in [-0.1, -0.05) is 12.1 Å². The normalized spacial score (nSPS) is 10.1. The van der Waals surface area contributed by atoms with Crippen molar-refractivity contribution in [3.63, 3.8) is 0 Å². The van der Waals surface area contributed by atoms with Crippen molar-refractivity contribution in [1.82, 2.24) is 4.98 Å². The van der Waals surface area contributed by atoms with Gasteiger partial charge in [-0.2, -0.15) is 0 Å². The lowest BCUT2D eigenvalue weighted by Crippen LogP contribution is -2.13. The Kier molecular flexibility index (Phi) is 2.68. The number of aryl methyl sites for hydroxylation is 1. The van der Waals surface area contributed by atoms with Crippen molar-refractivity contribution in [2.75, 3.05) is 5.32 Å². The highest BCUT2D eigenvalue weighted by Crippen LogP contribution is 2.13. The first-order valence-corrected chi connectivity index (χ1v) is 4.65. The third-order valence-corrected chi connectivity index (χ3v) is 1.97. The van der Waals surface area contributed by atoms with Gasteiger partial charge < -0.3 is 9.73 Å². The number of nitrogens with one attached hydrogen (secondary N) is 1. The molecule has 0 saturated carbocycles. The number of oxazole rings is 1. The first kappa shape index (κ1) is 10.4. The molecule has 1 heterocycles. The van der Waals surface area contributed by atoms with Crippen molar-refractivity contribution in [3.8, 4) is 0 Å². The Morgan fingerprint density at radius 1 is 1.44 bits per heavy atom. The highest BCUT2D eigenvalue weighted by atomic mass is 19.1. The summed E-state index contributed by atoms with van der Waals surface area (Å²) in [4.78, 5) is 15.4. The van der Waals surface area contributed by atoms with Crippen LogP contribution in [-0.4, -0.2) is 10.9 Å². The number of halogens is 1. The van der Waals surface area contributed by atoms with Crippen molar-refractivity contribution in [3.05, 3.63) is 47.9 Å². The molecular formula is C11H9FN2O2. The molecule has 0 unspecified atom stereocenters. The molecule has 4 nitrogen and oxygen atoms in total. The molecule has 0 atom stereocenters. The molecule has 1 aromatic carbocycles. The minimum Gasteiger partial charge on any atom is -0.448 e. The average Bonchev–Trinajstić information content (AvgIpc) is 2.68. The summed E-state index contributed by atoms with van der Waals surface area (Å²) in [5.41, 5.74) is 0.244. The van der Waals surface area contributed by atoms with Crippen LogP contribution >= 0.6 is 0 Å². The van der Waals surface area contributed by atoms with Crippen LogP contribution in [0.1, 0.15) is 16.4 Å². The molecule has 1 N–H and O–H groups in total. The highest BCUT2D eigenvalue weighted by molar-refractivity contribution is 6.02. The van der Waals surface area contributed by atoms with Gasteiger partial charge in [-0.15, -0.1) is 0 Å². The van der Waals surface area contributed by atoms with Crippen molar-refractivity contribution >= 4 is 11.6 Å². The van der Waals surface area contributed by atoms with E-state index in [1.54, 1.807) is 19.1 Å². The second-order valence-electron chi connectivity index (χ2n) is 3.19. The summed E-state index contributed by atoms with van der Waals surface area (Å²) in [5, 5.41) is 2.40. The highest BCUT2D eigenvalue weighted by Gasteiger charge is 2.12. The molecule has 0 saturated heterocycles. The van der Waals surface area contributed by atoms with Gasteiger partial charge >= 0.3 is 0 Å². The molecule has 0 aliphatic rings. The zero-order chi connectivity index (χ0) is 11.5. The SMILES string of the molecule is Cc1nc(C(=O)Nc2ccccc2F)co1. The number of hydrogen-bond acceptors (Lipinski definition) is 3. The number of carbonyl (C=O) groups is 1. The minimum atomic E-state index is -0.498. The van der Waals surface area contributed by atoms with Crippen molar-refractivity contribution in [1.29, 1.82) is 0 Å². The standard InChI is InChI=1S/C11H9FN2O2/c1-7-13-10(6-16-7)11(15)14-9-5-3-2-4-8(9)12/h2-6H,1H3,(H,14,15). The van der Waals surface area contributed by atoms with Crippen LogP contribution in [0.2, 0.25) is 0 Å². The second kappa shape index (κ2) is 4.14. The van der Waals surface area contributed by atoms with E-state index in [4.69, 9.17) is 4.42 Å². The lowest BCUT2D eigenvalue weighted by atomic mass is 10.3. The maximum atomic E-state index is 13.2. The number of para-hydroxylation sites is 1. The molecule has 82 valence electrons. The van der Waals surface area contributed by atoms with E-state index < -0.39 is 11.7 Å². The number of rotatable bonds is 2. The number of amides is 1. The van der Waals surface area contributed by atoms with Gasteiger partial charge in [0, 0.05) is 6.92 Å². The summed E-state index contributed by atoms with van der Waals surface area (Å²) < 4.78 is 18.1. The second-order valence-corrected chi connectivity index (χ2v) is 3.19. The van der Waals surface area contributed by atoms with Gasteiger partial charge in [-0.05, 0) is 12.1 Å². The van der Waals surface area contributed by atoms with Crippen LogP contribution in [0.5, 0.6) is 0 Å². The Balaban J connectivity index is 2.17. The maximum absolute atomic E-state index is 13.2. The van der Waals surface area contributed by atoms with E-state index in [1.165, 1.54) is 18.4 Å². The smallest absolute Gasteiger partial charge is 0.277 e. The van der Waals surface area contributed by atoms with E-state index in [-0.39, 0.29) is 11.4 Å². The molecule has 1 amide bonds. The first-order chi connectivity index (χ1) is 7.66. The lowest BCUT2D eigenvalue weighted by Gasteiger charge is -2.03. The largest absolute Gasteiger partial charge is 0.448 e. The Hall–Kier alpha value is -2.17. The Morgan fingerprint density at radius 3 is 2.81 bits per heavy atom. The number of aromatic nitrogens is 1. The van der Waals surface area contributed by atoms with Crippen LogP contribution in [0.25, 0.3) is 0 Å². The third-order valence-electron chi connectivity index (χ3n) is 1.97. The van der Waals surface area contributed by atoms with E-state index in [2.05, 4.69) is 10.3 Å². The molecule has 0 bridgehead atoms. The summed E-state index contributed by atoms with van der Waals surface area (Å²) in [6, 6.07) is 5.92. The van der Waals surface area contributed by atoms with Gasteiger partial charge in [0.2, 0.25) is 0 Å². The minimum absolute atomic E-state index is 0.119. The fourth-order valence-electron chi connectivity index (χ4n) is 1.22. The summed E-state index contributed by atoms with van der Waals surface area (Å²) in [6.07, 6.45) is 1.23. The van der Waals surface area contributed by atoms with Gasteiger partial charge in [-0.25, -0.2) is 9.37 Å². The Bertz CT molecular complexity index is 522. The average molecular weight is 220 g/mol. The summed E-state index contributed by atoms with van der Waals surface area (Å²) in [5.74, 6) is -0.600. The van der Waals surface area contributed by atoms with Crippen molar-refractivity contribution < 1.29 is 13.6 Å². The van der Waals surface area contributed by atoms with E-state index in [0.29, 0.717) is 5.89 Å². The predicted octanol–water partition coefficient (Wildman–Crippen LogP) is 2.37. The number of benzene rings is 1. The first-order valence-electron chi connectivity index (χ1n) is 4.65. The topological polar surface area (TPSA) is 55.1 Å². The van der Waals surface area contributed by atoms with E-state index in [0.717, 1.165) is 0 Å². The van der Waals surface area contributed by atoms with Gasteiger partial charge in [0.1, 0.15) is 12.1 Å². The van der Waals surface area contributed by atoms with E-state index >= 15 is 0 Å². The molecule has 1 aromatic heterocycles. The molecule has 2 aromatic rings. The molecule has 0 fully saturated rings. The quantitative estimate of drug-likeness (QED) is 0.845. The Morgan fingerprint density at radius 2 is 2.19 bits per heavy atom. The van der Waals surface area contributed by atoms with Crippen molar-refractivity contribution in [2.45, 2.75) is 6.92 Å². The monoisotopic (exact) mass is 220 g/mol.